The third-order valence-corrected chi connectivity index (χ3v) is 3.83. The lowest BCUT2D eigenvalue weighted by Crippen LogP contribution is -2.07. The first-order chi connectivity index (χ1) is 12.2. The van der Waals surface area contributed by atoms with E-state index in [0.29, 0.717) is 23.9 Å². The first-order valence-corrected chi connectivity index (χ1v) is 7.88. The number of nitrogens with one attached hydrogen (secondary N) is 1. The van der Waals surface area contributed by atoms with Gasteiger partial charge < -0.3 is 14.5 Å². The molecule has 0 aliphatic rings. The number of furan rings is 1. The second-order valence-electron chi connectivity index (χ2n) is 5.57. The van der Waals surface area contributed by atoms with Crippen LogP contribution in [0.4, 0.5) is 5.82 Å². The molecule has 0 saturated carbocycles. The van der Waals surface area contributed by atoms with Gasteiger partial charge >= 0.3 is 0 Å². The second kappa shape index (κ2) is 6.27. The Bertz CT molecular complexity index is 1010. The molecule has 7 heteroatoms. The number of rotatable bonds is 5. The minimum absolute atomic E-state index is 0.503. The molecule has 3 heterocycles. The average Bonchev–Trinajstić information content (AvgIpc) is 3.29. The molecule has 0 amide bonds. The number of methoxy groups -OCH3 is 1. The largest absolute Gasteiger partial charge is 0.496 e. The highest BCUT2D eigenvalue weighted by Crippen LogP contribution is 2.21. The Morgan fingerprint density at radius 2 is 2.04 bits per heavy atom. The zero-order valence-corrected chi connectivity index (χ0v) is 13.9. The predicted molar refractivity (Wildman–Crippen MR) is 93.5 cm³/mol. The molecule has 0 unspecified atom stereocenters. The molecule has 4 rings (SSSR count). The lowest BCUT2D eigenvalue weighted by Gasteiger charge is -2.11. The Labute approximate surface area is 144 Å². The molecular weight excluding hydrogens is 318 g/mol. The Morgan fingerprint density at radius 3 is 2.84 bits per heavy atom. The van der Waals surface area contributed by atoms with Gasteiger partial charge in [0.2, 0.25) is 5.82 Å². The van der Waals surface area contributed by atoms with E-state index in [1.807, 2.05) is 43.3 Å². The van der Waals surface area contributed by atoms with Gasteiger partial charge in [-0.05, 0) is 25.1 Å². The standard InChI is InChI=1S/C18H17N5O2/c1-12-10-16(19-11-13-6-3-4-7-14(13)24-2)23-18(20-12)21-17(22-23)15-8-5-9-25-15/h3-10,19H,11H2,1-2H3. The van der Waals surface area contributed by atoms with Gasteiger partial charge in [-0.25, -0.2) is 4.98 Å². The summed E-state index contributed by atoms with van der Waals surface area (Å²) in [5.41, 5.74) is 1.91. The summed E-state index contributed by atoms with van der Waals surface area (Å²) in [6.45, 7) is 2.52. The van der Waals surface area contributed by atoms with Crippen molar-refractivity contribution in [3.63, 3.8) is 0 Å². The fourth-order valence-corrected chi connectivity index (χ4v) is 2.66. The molecule has 0 saturated heterocycles. The number of hydrogen-bond acceptors (Lipinski definition) is 6. The van der Waals surface area contributed by atoms with Crippen LogP contribution in [-0.4, -0.2) is 26.7 Å². The second-order valence-corrected chi connectivity index (χ2v) is 5.57. The van der Waals surface area contributed by atoms with Gasteiger partial charge in [-0.2, -0.15) is 9.50 Å². The highest BCUT2D eigenvalue weighted by atomic mass is 16.5. The summed E-state index contributed by atoms with van der Waals surface area (Å²) in [6, 6.07) is 13.5. The summed E-state index contributed by atoms with van der Waals surface area (Å²) in [5.74, 6) is 3.28. The molecule has 1 aromatic carbocycles. The zero-order chi connectivity index (χ0) is 17.2. The van der Waals surface area contributed by atoms with Crippen molar-refractivity contribution in [1.82, 2.24) is 19.6 Å². The van der Waals surface area contributed by atoms with Crippen molar-refractivity contribution >= 4 is 11.6 Å². The first kappa shape index (κ1) is 15.2. The van der Waals surface area contributed by atoms with Crippen LogP contribution >= 0.6 is 0 Å². The van der Waals surface area contributed by atoms with Crippen molar-refractivity contribution < 1.29 is 9.15 Å². The van der Waals surface area contributed by atoms with E-state index in [-0.39, 0.29) is 0 Å². The van der Waals surface area contributed by atoms with Crippen LogP contribution in [0.15, 0.2) is 53.1 Å². The molecule has 0 aliphatic carbocycles. The van der Waals surface area contributed by atoms with E-state index in [4.69, 9.17) is 9.15 Å². The van der Waals surface area contributed by atoms with E-state index in [1.165, 1.54) is 0 Å². The van der Waals surface area contributed by atoms with Gasteiger partial charge in [0.1, 0.15) is 11.6 Å². The molecule has 1 N–H and O–H groups in total. The number of para-hydroxylation sites is 1. The lowest BCUT2D eigenvalue weighted by molar-refractivity contribution is 0.410. The van der Waals surface area contributed by atoms with Crippen molar-refractivity contribution in [2.75, 3.05) is 12.4 Å². The summed E-state index contributed by atoms with van der Waals surface area (Å²) in [6.07, 6.45) is 1.60. The average molecular weight is 335 g/mol. The molecule has 4 aromatic rings. The van der Waals surface area contributed by atoms with Crippen molar-refractivity contribution in [3.8, 4) is 17.3 Å². The van der Waals surface area contributed by atoms with Crippen LogP contribution in [0, 0.1) is 6.92 Å². The number of anilines is 1. The van der Waals surface area contributed by atoms with Crippen LogP contribution in [0.25, 0.3) is 17.4 Å². The number of benzene rings is 1. The normalized spacial score (nSPS) is 11.0. The molecule has 7 nitrogen and oxygen atoms in total. The van der Waals surface area contributed by atoms with Crippen LogP contribution in [0.5, 0.6) is 5.75 Å². The molecule has 0 atom stereocenters. The zero-order valence-electron chi connectivity index (χ0n) is 13.9. The topological polar surface area (TPSA) is 77.5 Å². The molecule has 0 radical (unpaired) electrons. The summed E-state index contributed by atoms with van der Waals surface area (Å²) in [5, 5.41) is 7.89. The number of nitrogens with zero attached hydrogens (tertiary/aromatic N) is 4. The van der Waals surface area contributed by atoms with Gasteiger partial charge in [-0.15, -0.1) is 5.10 Å². The van der Waals surface area contributed by atoms with Crippen molar-refractivity contribution in [2.45, 2.75) is 13.5 Å². The van der Waals surface area contributed by atoms with Crippen LogP contribution in [0.2, 0.25) is 0 Å². The molecule has 0 aliphatic heterocycles. The van der Waals surface area contributed by atoms with Gasteiger partial charge in [0.15, 0.2) is 5.76 Å². The lowest BCUT2D eigenvalue weighted by atomic mass is 10.2. The summed E-state index contributed by atoms with van der Waals surface area (Å²) < 4.78 is 12.5. The molecule has 0 fully saturated rings. The molecule has 126 valence electrons. The highest BCUT2D eigenvalue weighted by molar-refractivity contribution is 5.53. The van der Waals surface area contributed by atoms with Gasteiger partial charge in [0, 0.05) is 23.9 Å². The Kier molecular flexibility index (Phi) is 3.81. The molecular formula is C18H17N5O2. The quantitative estimate of drug-likeness (QED) is 0.603. The maximum absolute atomic E-state index is 5.40. The molecule has 0 bridgehead atoms. The number of aryl methyl sites for hydroxylation is 1. The van der Waals surface area contributed by atoms with Crippen molar-refractivity contribution in [2.24, 2.45) is 0 Å². The van der Waals surface area contributed by atoms with E-state index in [0.717, 1.165) is 22.8 Å². The fourth-order valence-electron chi connectivity index (χ4n) is 2.66. The van der Waals surface area contributed by atoms with Crippen molar-refractivity contribution in [1.29, 1.82) is 0 Å². The fraction of sp³-hybridized carbons (Fsp3) is 0.167. The first-order valence-electron chi connectivity index (χ1n) is 7.88. The molecule has 3 aromatic heterocycles. The number of hydrogen-bond donors (Lipinski definition) is 1. The minimum Gasteiger partial charge on any atom is -0.496 e. The maximum Gasteiger partial charge on any atom is 0.254 e. The van der Waals surface area contributed by atoms with Gasteiger partial charge in [0.05, 0.1) is 13.4 Å². The number of aromatic nitrogens is 4. The maximum atomic E-state index is 5.40. The summed E-state index contributed by atoms with van der Waals surface area (Å²) in [7, 11) is 1.67. The molecule has 0 spiro atoms. The monoisotopic (exact) mass is 335 g/mol. The Balaban J connectivity index is 1.69. The van der Waals surface area contributed by atoms with E-state index >= 15 is 0 Å². The summed E-state index contributed by atoms with van der Waals surface area (Å²) in [4.78, 5) is 8.89. The van der Waals surface area contributed by atoms with Crippen LogP contribution in [0.1, 0.15) is 11.3 Å². The van der Waals surface area contributed by atoms with E-state index < -0.39 is 0 Å². The third-order valence-electron chi connectivity index (χ3n) is 3.83. The smallest absolute Gasteiger partial charge is 0.254 e. The Hall–Kier alpha value is -3.35. The number of fused-ring (bicyclic) bond motifs is 1. The SMILES string of the molecule is COc1ccccc1CNc1cc(C)nc2nc(-c3ccco3)nn12. The summed E-state index contributed by atoms with van der Waals surface area (Å²) >= 11 is 0. The van der Waals surface area contributed by atoms with Crippen molar-refractivity contribution in [3.05, 3.63) is 60.0 Å². The Morgan fingerprint density at radius 1 is 1.16 bits per heavy atom. The van der Waals surface area contributed by atoms with Crippen LogP contribution in [-0.2, 0) is 6.54 Å². The van der Waals surface area contributed by atoms with E-state index in [1.54, 1.807) is 24.0 Å². The van der Waals surface area contributed by atoms with E-state index in [9.17, 15) is 0 Å². The van der Waals surface area contributed by atoms with Crippen LogP contribution < -0.4 is 10.1 Å². The van der Waals surface area contributed by atoms with Gasteiger partial charge in [-0.1, -0.05) is 18.2 Å². The highest BCUT2D eigenvalue weighted by Gasteiger charge is 2.13. The van der Waals surface area contributed by atoms with Gasteiger partial charge in [-0.3, -0.25) is 0 Å². The minimum atomic E-state index is 0.503. The number of ether oxygens (including phenoxy) is 1. The van der Waals surface area contributed by atoms with Crippen LogP contribution in [0.3, 0.4) is 0 Å². The van der Waals surface area contributed by atoms with Gasteiger partial charge in [0.25, 0.3) is 5.78 Å². The van der Waals surface area contributed by atoms with E-state index in [2.05, 4.69) is 20.4 Å². The third kappa shape index (κ3) is 2.91. The molecule has 25 heavy (non-hydrogen) atoms. The predicted octanol–water partition coefficient (Wildman–Crippen LogP) is 3.31.